The molecule has 0 radical (unpaired) electrons. The van der Waals surface area contributed by atoms with E-state index in [0.29, 0.717) is 0 Å². The van der Waals surface area contributed by atoms with Crippen molar-refractivity contribution in [2.75, 3.05) is 5.73 Å². The Kier molecular flexibility index (Phi) is 3.38. The summed E-state index contributed by atoms with van der Waals surface area (Å²) in [5.41, 5.74) is 7.70. The molecule has 1 aromatic rings. The van der Waals surface area contributed by atoms with Crippen LogP contribution in [0.15, 0.2) is 18.2 Å². The van der Waals surface area contributed by atoms with E-state index >= 15 is 0 Å². The maximum atomic E-state index is 6.19. The molecule has 1 aromatic carbocycles. The number of hydrogen-bond acceptors (Lipinski definition) is 2. The summed E-state index contributed by atoms with van der Waals surface area (Å²) in [4.78, 5) is 0. The van der Waals surface area contributed by atoms with Gasteiger partial charge in [0.2, 0.25) is 8.32 Å². The average Bonchev–Trinajstić information content (AvgIpc) is 2.09. The van der Waals surface area contributed by atoms with Gasteiger partial charge in [-0.2, -0.15) is 0 Å². The fourth-order valence-electron chi connectivity index (χ4n) is 1.16. The molecule has 0 spiro atoms. The second kappa shape index (κ2) is 4.13. The van der Waals surface area contributed by atoms with Crippen molar-refractivity contribution in [3.63, 3.8) is 0 Å². The molecule has 0 aliphatic carbocycles. The fraction of sp³-hybridized carbons (Fsp3) is 0.538. The number of anilines is 1. The molecular formula is C13H23NOSi. The number of rotatable bonds is 2. The topological polar surface area (TPSA) is 35.2 Å². The molecule has 0 aliphatic rings. The van der Waals surface area contributed by atoms with Gasteiger partial charge in [-0.25, -0.2) is 0 Å². The third-order valence-electron chi connectivity index (χ3n) is 3.42. The normalized spacial score (nSPS) is 12.6. The van der Waals surface area contributed by atoms with E-state index in [2.05, 4.69) is 33.9 Å². The molecule has 0 saturated carbocycles. The van der Waals surface area contributed by atoms with Gasteiger partial charge < -0.3 is 10.2 Å². The molecule has 0 heterocycles. The first-order valence-electron chi connectivity index (χ1n) is 5.68. The minimum absolute atomic E-state index is 0.224. The molecule has 2 nitrogen and oxygen atoms in total. The number of nitrogens with two attached hydrogens (primary N) is 1. The van der Waals surface area contributed by atoms with Crippen molar-refractivity contribution in [2.45, 2.75) is 45.8 Å². The van der Waals surface area contributed by atoms with E-state index < -0.39 is 8.32 Å². The van der Waals surface area contributed by atoms with Gasteiger partial charge in [0, 0.05) is 5.69 Å². The Morgan fingerprint density at radius 3 is 2.19 bits per heavy atom. The lowest BCUT2D eigenvalue weighted by Gasteiger charge is -2.36. The van der Waals surface area contributed by atoms with Crippen molar-refractivity contribution in [3.05, 3.63) is 23.8 Å². The van der Waals surface area contributed by atoms with E-state index in [0.717, 1.165) is 17.0 Å². The van der Waals surface area contributed by atoms with Gasteiger partial charge in [-0.05, 0) is 48.8 Å². The van der Waals surface area contributed by atoms with Crippen molar-refractivity contribution in [1.29, 1.82) is 0 Å². The number of aryl methyl sites for hydroxylation is 1. The Morgan fingerprint density at radius 1 is 1.19 bits per heavy atom. The van der Waals surface area contributed by atoms with Gasteiger partial charge in [-0.15, -0.1) is 0 Å². The predicted molar refractivity (Wildman–Crippen MR) is 73.4 cm³/mol. The highest BCUT2D eigenvalue weighted by atomic mass is 28.4. The molecule has 0 bridgehead atoms. The van der Waals surface area contributed by atoms with Crippen LogP contribution in [0.25, 0.3) is 0 Å². The van der Waals surface area contributed by atoms with Crippen LogP contribution >= 0.6 is 0 Å². The van der Waals surface area contributed by atoms with Gasteiger partial charge in [0.25, 0.3) is 0 Å². The van der Waals surface area contributed by atoms with Crippen LogP contribution in [0.5, 0.6) is 5.75 Å². The zero-order valence-electron chi connectivity index (χ0n) is 11.2. The molecule has 0 unspecified atom stereocenters. The SMILES string of the molecule is Cc1cc(O[Si](C)(C)C(C)(C)C)ccc1N. The molecule has 3 heteroatoms. The van der Waals surface area contributed by atoms with E-state index in [1.54, 1.807) is 0 Å². The van der Waals surface area contributed by atoms with Gasteiger partial charge in [0.1, 0.15) is 5.75 Å². The Labute approximate surface area is 99.9 Å². The molecule has 0 fully saturated rings. The predicted octanol–water partition coefficient (Wildman–Crippen LogP) is 3.96. The van der Waals surface area contributed by atoms with Crippen molar-refractivity contribution in [1.82, 2.24) is 0 Å². The lowest BCUT2D eigenvalue weighted by molar-refractivity contribution is 0.492. The summed E-state index contributed by atoms with van der Waals surface area (Å²) in [5, 5.41) is 0.224. The summed E-state index contributed by atoms with van der Waals surface area (Å²) in [6, 6.07) is 5.90. The molecule has 16 heavy (non-hydrogen) atoms. The van der Waals surface area contributed by atoms with E-state index in [9.17, 15) is 0 Å². The van der Waals surface area contributed by atoms with Gasteiger partial charge in [0.15, 0.2) is 0 Å². The summed E-state index contributed by atoms with van der Waals surface area (Å²) >= 11 is 0. The molecule has 0 aliphatic heterocycles. The van der Waals surface area contributed by atoms with Crippen molar-refractivity contribution < 1.29 is 4.43 Å². The molecular weight excluding hydrogens is 214 g/mol. The third kappa shape index (κ3) is 2.79. The van der Waals surface area contributed by atoms with Crippen molar-refractivity contribution >= 4 is 14.0 Å². The Morgan fingerprint density at radius 2 is 1.75 bits per heavy atom. The lowest BCUT2D eigenvalue weighted by atomic mass is 10.2. The number of hydrogen-bond donors (Lipinski definition) is 1. The Bertz CT molecular complexity index is 380. The van der Waals surface area contributed by atoms with Crippen LogP contribution in [0.1, 0.15) is 26.3 Å². The summed E-state index contributed by atoms with van der Waals surface area (Å²) in [5.74, 6) is 0.943. The van der Waals surface area contributed by atoms with Crippen LogP contribution in [0.3, 0.4) is 0 Å². The van der Waals surface area contributed by atoms with E-state index in [1.165, 1.54) is 0 Å². The summed E-state index contributed by atoms with van der Waals surface area (Å²) in [6.45, 7) is 13.2. The molecule has 0 aromatic heterocycles. The highest BCUT2D eigenvalue weighted by Crippen LogP contribution is 2.37. The van der Waals surface area contributed by atoms with E-state index in [4.69, 9.17) is 10.2 Å². The first-order chi connectivity index (χ1) is 7.13. The van der Waals surface area contributed by atoms with Crippen molar-refractivity contribution in [3.8, 4) is 5.75 Å². The average molecular weight is 237 g/mol. The van der Waals surface area contributed by atoms with Gasteiger partial charge in [0.05, 0.1) is 0 Å². The van der Waals surface area contributed by atoms with Gasteiger partial charge >= 0.3 is 0 Å². The van der Waals surface area contributed by atoms with Crippen LogP contribution in [-0.4, -0.2) is 8.32 Å². The van der Waals surface area contributed by atoms with Crippen LogP contribution in [0, 0.1) is 6.92 Å². The molecule has 2 N–H and O–H groups in total. The second-order valence-corrected chi connectivity index (χ2v) is 10.6. The molecule has 90 valence electrons. The lowest BCUT2D eigenvalue weighted by Crippen LogP contribution is -2.43. The monoisotopic (exact) mass is 237 g/mol. The smallest absolute Gasteiger partial charge is 0.250 e. The quantitative estimate of drug-likeness (QED) is 0.624. The summed E-state index contributed by atoms with van der Waals surface area (Å²) < 4.78 is 6.19. The van der Waals surface area contributed by atoms with Crippen LogP contribution in [0.4, 0.5) is 5.69 Å². The van der Waals surface area contributed by atoms with Gasteiger partial charge in [-0.3, -0.25) is 0 Å². The molecule has 0 saturated heterocycles. The van der Waals surface area contributed by atoms with Crippen LogP contribution in [-0.2, 0) is 0 Å². The van der Waals surface area contributed by atoms with Crippen molar-refractivity contribution in [2.24, 2.45) is 0 Å². The highest BCUT2D eigenvalue weighted by Gasteiger charge is 2.38. The Hall–Kier alpha value is -0.963. The zero-order chi connectivity index (χ0) is 12.6. The maximum absolute atomic E-state index is 6.19. The van der Waals surface area contributed by atoms with E-state index in [-0.39, 0.29) is 5.04 Å². The zero-order valence-corrected chi connectivity index (χ0v) is 12.2. The minimum atomic E-state index is -1.73. The van der Waals surface area contributed by atoms with E-state index in [1.807, 2.05) is 25.1 Å². The standard InChI is InChI=1S/C13H23NOSi/c1-10-9-11(7-8-12(10)14)15-16(5,6)13(2,3)4/h7-9H,14H2,1-6H3. The Balaban J connectivity index is 2.93. The third-order valence-corrected chi connectivity index (χ3v) is 7.78. The van der Waals surface area contributed by atoms with Crippen LogP contribution < -0.4 is 10.2 Å². The fourth-order valence-corrected chi connectivity index (χ4v) is 2.18. The summed E-state index contributed by atoms with van der Waals surface area (Å²) in [7, 11) is -1.73. The maximum Gasteiger partial charge on any atom is 0.250 e. The second-order valence-electron chi connectivity index (χ2n) is 5.88. The number of benzene rings is 1. The summed E-state index contributed by atoms with van der Waals surface area (Å²) in [6.07, 6.45) is 0. The minimum Gasteiger partial charge on any atom is -0.543 e. The van der Waals surface area contributed by atoms with Crippen LogP contribution in [0.2, 0.25) is 18.1 Å². The highest BCUT2D eigenvalue weighted by molar-refractivity contribution is 6.74. The largest absolute Gasteiger partial charge is 0.543 e. The first-order valence-corrected chi connectivity index (χ1v) is 8.59. The molecule has 0 atom stereocenters. The van der Waals surface area contributed by atoms with Gasteiger partial charge in [-0.1, -0.05) is 20.8 Å². The molecule has 0 amide bonds. The number of nitrogen functional groups attached to an aromatic ring is 1. The first kappa shape index (κ1) is 13.1. The molecule has 1 rings (SSSR count).